The van der Waals surface area contributed by atoms with E-state index >= 15 is 0 Å². The third-order valence-corrected chi connectivity index (χ3v) is 8.33. The Morgan fingerprint density at radius 3 is 3.06 bits per heavy atom. The fourth-order valence-corrected chi connectivity index (χ4v) is 6.58. The number of rotatable bonds is 7. The summed E-state index contributed by atoms with van der Waals surface area (Å²) in [6.45, 7) is 5.52. The summed E-state index contributed by atoms with van der Waals surface area (Å²) < 4.78 is 6.47. The maximum absolute atomic E-state index is 5.26. The van der Waals surface area contributed by atoms with Gasteiger partial charge in [0.2, 0.25) is 0 Å². The predicted octanol–water partition coefficient (Wildman–Crippen LogP) is 6.25. The van der Waals surface area contributed by atoms with Gasteiger partial charge in [0, 0.05) is 54.4 Å². The molecule has 2 atom stereocenters. The van der Waals surface area contributed by atoms with Crippen molar-refractivity contribution >= 4 is 54.5 Å². The normalized spacial score (nSPS) is 19.9. The van der Waals surface area contributed by atoms with Crippen LogP contribution < -0.4 is 5.32 Å². The van der Waals surface area contributed by atoms with Gasteiger partial charge in [-0.3, -0.25) is 4.90 Å². The first-order chi connectivity index (χ1) is 15.2. The van der Waals surface area contributed by atoms with Gasteiger partial charge < -0.3 is 10.1 Å². The molecule has 1 aliphatic heterocycles. The number of hydrogen-bond donors (Lipinski definition) is 1. The van der Waals surface area contributed by atoms with E-state index in [1.165, 1.54) is 34.3 Å². The van der Waals surface area contributed by atoms with E-state index in [0.717, 1.165) is 41.3 Å². The van der Waals surface area contributed by atoms with Gasteiger partial charge in [-0.05, 0) is 63.1 Å². The third-order valence-electron chi connectivity index (χ3n) is 6.34. The minimum absolute atomic E-state index is 0.544. The Bertz CT molecular complexity index is 1170. The second kappa shape index (κ2) is 9.20. The molecule has 0 amide bonds. The van der Waals surface area contributed by atoms with E-state index in [9.17, 15) is 0 Å². The number of pyridine rings is 1. The Morgan fingerprint density at radius 1 is 1.23 bits per heavy atom. The number of thiophene rings is 1. The number of thiazole rings is 1. The summed E-state index contributed by atoms with van der Waals surface area (Å²) in [6, 6.07) is 11.4. The number of nitrogens with one attached hydrogen (secondary N) is 1. The van der Waals surface area contributed by atoms with E-state index in [-0.39, 0.29) is 0 Å². The summed E-state index contributed by atoms with van der Waals surface area (Å²) >= 11 is 3.53. The highest BCUT2D eigenvalue weighted by molar-refractivity contribution is 7.18. The minimum Gasteiger partial charge on any atom is -0.385 e. The smallest absolute Gasteiger partial charge is 0.125 e. The lowest BCUT2D eigenvalue weighted by Gasteiger charge is -2.39. The van der Waals surface area contributed by atoms with Crippen LogP contribution in [0.1, 0.15) is 37.0 Å². The molecule has 1 saturated heterocycles. The molecular weight excluding hydrogens is 424 g/mol. The first-order valence-corrected chi connectivity index (χ1v) is 12.6. The Kier molecular flexibility index (Phi) is 6.18. The van der Waals surface area contributed by atoms with Crippen molar-refractivity contribution in [2.75, 3.05) is 32.1 Å². The van der Waals surface area contributed by atoms with Crippen LogP contribution in [0.15, 0.2) is 42.0 Å². The number of piperidine rings is 1. The van der Waals surface area contributed by atoms with Crippen LogP contribution in [0.3, 0.4) is 0 Å². The number of ether oxygens (including phenoxy) is 1. The Balaban J connectivity index is 1.39. The standard InChI is InChI=1S/C24H28N4OS2/c1-16-18(5-3-10-28(16)11-4-12-29-2)23-14-19-20(8-9-25-24(19)31-23)27-17-6-7-22-21(13-17)26-15-30-22/h6-9,13-16,18H,3-5,10-12H2,1-2H3,(H,25,27)/t16-,18-/m1/s1. The Labute approximate surface area is 191 Å². The van der Waals surface area contributed by atoms with Crippen molar-refractivity contribution in [2.45, 2.75) is 38.1 Å². The average Bonchev–Trinajstić information content (AvgIpc) is 3.42. The van der Waals surface area contributed by atoms with Gasteiger partial charge in [0.15, 0.2) is 0 Å². The van der Waals surface area contributed by atoms with Crippen LogP contribution in [0.5, 0.6) is 0 Å². The summed E-state index contributed by atoms with van der Waals surface area (Å²) in [5.41, 5.74) is 5.11. The zero-order valence-corrected chi connectivity index (χ0v) is 19.6. The summed E-state index contributed by atoms with van der Waals surface area (Å²) in [5.74, 6) is 0.565. The van der Waals surface area contributed by atoms with Crippen molar-refractivity contribution in [3.05, 3.63) is 46.9 Å². The monoisotopic (exact) mass is 452 g/mol. The number of fused-ring (bicyclic) bond motifs is 2. The zero-order valence-electron chi connectivity index (χ0n) is 18.0. The van der Waals surface area contributed by atoms with E-state index in [0.29, 0.717) is 12.0 Å². The number of hydrogen-bond acceptors (Lipinski definition) is 7. The van der Waals surface area contributed by atoms with Gasteiger partial charge in [-0.2, -0.15) is 0 Å². The number of anilines is 2. The molecule has 1 fully saturated rings. The van der Waals surface area contributed by atoms with Crippen molar-refractivity contribution in [1.29, 1.82) is 0 Å². The minimum atomic E-state index is 0.544. The summed E-state index contributed by atoms with van der Waals surface area (Å²) in [5, 5.41) is 4.82. The fourth-order valence-electron chi connectivity index (χ4n) is 4.66. The predicted molar refractivity (Wildman–Crippen MR) is 132 cm³/mol. The molecule has 5 rings (SSSR count). The maximum Gasteiger partial charge on any atom is 0.125 e. The van der Waals surface area contributed by atoms with E-state index in [4.69, 9.17) is 4.74 Å². The number of aromatic nitrogens is 2. The molecule has 3 aromatic heterocycles. The van der Waals surface area contributed by atoms with Gasteiger partial charge in [0.25, 0.3) is 0 Å². The van der Waals surface area contributed by atoms with Crippen molar-refractivity contribution in [3.8, 4) is 0 Å². The van der Waals surface area contributed by atoms with Crippen LogP contribution in [0, 0.1) is 0 Å². The topological polar surface area (TPSA) is 50.3 Å². The van der Waals surface area contributed by atoms with Crippen molar-refractivity contribution < 1.29 is 4.74 Å². The molecule has 0 aliphatic carbocycles. The largest absolute Gasteiger partial charge is 0.385 e. The van der Waals surface area contributed by atoms with Crippen LogP contribution in [0.25, 0.3) is 20.4 Å². The van der Waals surface area contributed by atoms with E-state index in [1.807, 2.05) is 23.0 Å². The molecule has 1 aliphatic rings. The lowest BCUT2D eigenvalue weighted by atomic mass is 9.88. The molecule has 1 aromatic carbocycles. The maximum atomic E-state index is 5.26. The van der Waals surface area contributed by atoms with Crippen molar-refractivity contribution in [1.82, 2.24) is 14.9 Å². The van der Waals surface area contributed by atoms with Crippen molar-refractivity contribution in [3.63, 3.8) is 0 Å². The first-order valence-electron chi connectivity index (χ1n) is 10.9. The number of benzene rings is 1. The van der Waals surface area contributed by atoms with E-state index in [1.54, 1.807) is 18.4 Å². The average molecular weight is 453 g/mol. The molecule has 7 heteroatoms. The molecule has 1 N–H and O–H groups in total. The number of likely N-dealkylation sites (tertiary alicyclic amines) is 1. The second-order valence-electron chi connectivity index (χ2n) is 8.26. The first kappa shape index (κ1) is 20.8. The van der Waals surface area contributed by atoms with Crippen LogP contribution >= 0.6 is 22.7 Å². The molecule has 4 heterocycles. The lowest BCUT2D eigenvalue weighted by molar-refractivity contribution is 0.117. The molecule has 0 radical (unpaired) electrons. The molecular formula is C24H28N4OS2. The molecule has 0 bridgehead atoms. The van der Waals surface area contributed by atoms with E-state index in [2.05, 4.69) is 57.4 Å². The van der Waals surface area contributed by atoms with Gasteiger partial charge in [-0.25, -0.2) is 9.97 Å². The van der Waals surface area contributed by atoms with Crippen LogP contribution in [-0.2, 0) is 4.74 Å². The highest BCUT2D eigenvalue weighted by atomic mass is 32.1. The van der Waals surface area contributed by atoms with E-state index < -0.39 is 0 Å². The van der Waals surface area contributed by atoms with Crippen LogP contribution in [0.2, 0.25) is 0 Å². The second-order valence-corrected chi connectivity index (χ2v) is 10.2. The highest BCUT2D eigenvalue weighted by Gasteiger charge is 2.30. The van der Waals surface area contributed by atoms with Crippen LogP contribution in [0.4, 0.5) is 11.4 Å². The Morgan fingerprint density at radius 2 is 2.16 bits per heavy atom. The zero-order chi connectivity index (χ0) is 21.2. The lowest BCUT2D eigenvalue weighted by Crippen LogP contribution is -2.42. The van der Waals surface area contributed by atoms with Crippen molar-refractivity contribution in [2.24, 2.45) is 0 Å². The molecule has 162 valence electrons. The molecule has 4 aromatic rings. The van der Waals surface area contributed by atoms with Gasteiger partial charge in [0.05, 0.1) is 21.4 Å². The molecule has 31 heavy (non-hydrogen) atoms. The number of methoxy groups -OCH3 is 1. The summed E-state index contributed by atoms with van der Waals surface area (Å²) in [7, 11) is 1.78. The highest BCUT2D eigenvalue weighted by Crippen LogP contribution is 2.40. The SMILES string of the molecule is COCCCN1CCC[C@@H](c2cc3c(Nc4ccc5scnc5c4)ccnc3s2)[C@H]1C. The van der Waals surface area contributed by atoms with Crippen LogP contribution in [-0.4, -0.2) is 47.7 Å². The van der Waals surface area contributed by atoms with Gasteiger partial charge >= 0.3 is 0 Å². The molecule has 0 spiro atoms. The quantitative estimate of drug-likeness (QED) is 0.336. The number of nitrogens with zero attached hydrogens (tertiary/aromatic N) is 3. The fraction of sp³-hybridized carbons (Fsp3) is 0.417. The third kappa shape index (κ3) is 4.32. The van der Waals surface area contributed by atoms with Gasteiger partial charge in [-0.1, -0.05) is 0 Å². The summed E-state index contributed by atoms with van der Waals surface area (Å²) in [4.78, 5) is 14.3. The Hall–Kier alpha value is -2.06. The van der Waals surface area contributed by atoms with Gasteiger partial charge in [0.1, 0.15) is 4.83 Å². The molecule has 0 unspecified atom stereocenters. The molecule has 0 saturated carbocycles. The van der Waals surface area contributed by atoms with Gasteiger partial charge in [-0.15, -0.1) is 22.7 Å². The summed E-state index contributed by atoms with van der Waals surface area (Å²) in [6.07, 6.45) is 5.51. The molecule has 5 nitrogen and oxygen atoms in total.